The van der Waals surface area contributed by atoms with Gasteiger partial charge in [0.1, 0.15) is 6.34 Å². The molecule has 0 aliphatic carbocycles. The zero-order valence-corrected chi connectivity index (χ0v) is 13.4. The third-order valence-electron chi connectivity index (χ3n) is 3.53. The van der Waals surface area contributed by atoms with Crippen LogP contribution in [-0.2, 0) is 13.5 Å². The molecule has 0 radical (unpaired) electrons. The molecule has 118 valence electrons. The molecule has 0 atom stereocenters. The van der Waals surface area contributed by atoms with E-state index >= 15 is 0 Å². The van der Waals surface area contributed by atoms with Gasteiger partial charge in [0.2, 0.25) is 0 Å². The van der Waals surface area contributed by atoms with E-state index in [2.05, 4.69) is 33.3 Å². The summed E-state index contributed by atoms with van der Waals surface area (Å²) in [7, 11) is 3.91. The average Bonchev–Trinajstić information content (AvgIpc) is 3.11. The molecular formula is C16H24N6. The molecule has 2 heterocycles. The largest absolute Gasteiger partial charge is 0.320 e. The second kappa shape index (κ2) is 8.29. The molecule has 0 saturated carbocycles. The van der Waals surface area contributed by atoms with Crippen molar-refractivity contribution in [3.63, 3.8) is 0 Å². The molecule has 0 unspecified atom stereocenters. The van der Waals surface area contributed by atoms with Crippen molar-refractivity contribution < 1.29 is 0 Å². The Kier molecular flexibility index (Phi) is 6.09. The quantitative estimate of drug-likeness (QED) is 0.439. The van der Waals surface area contributed by atoms with Gasteiger partial charge >= 0.3 is 0 Å². The van der Waals surface area contributed by atoms with Crippen LogP contribution < -0.4 is 5.32 Å². The first kappa shape index (κ1) is 16.2. The highest BCUT2D eigenvalue weighted by atomic mass is 15.4. The molecule has 0 aromatic carbocycles. The lowest BCUT2D eigenvalue weighted by Crippen LogP contribution is -2.07. The summed E-state index contributed by atoms with van der Waals surface area (Å²) < 4.78 is 3.69. The maximum atomic E-state index is 4.32. The van der Waals surface area contributed by atoms with Crippen molar-refractivity contribution in [1.82, 2.24) is 19.8 Å². The van der Waals surface area contributed by atoms with Crippen LogP contribution >= 0.6 is 0 Å². The summed E-state index contributed by atoms with van der Waals surface area (Å²) in [6.07, 6.45) is 11.9. The molecule has 0 aliphatic rings. The second-order valence-electron chi connectivity index (χ2n) is 5.30. The van der Waals surface area contributed by atoms with Crippen LogP contribution in [0.2, 0.25) is 0 Å². The minimum absolute atomic E-state index is 0.998. The van der Waals surface area contributed by atoms with E-state index in [4.69, 9.17) is 0 Å². The highest BCUT2D eigenvalue weighted by molar-refractivity contribution is 5.64. The summed E-state index contributed by atoms with van der Waals surface area (Å²) >= 11 is 0. The lowest BCUT2D eigenvalue weighted by atomic mass is 10.1. The van der Waals surface area contributed by atoms with Gasteiger partial charge in [-0.1, -0.05) is 6.42 Å². The van der Waals surface area contributed by atoms with Crippen LogP contribution in [0.5, 0.6) is 0 Å². The van der Waals surface area contributed by atoms with Gasteiger partial charge in [-0.25, -0.2) is 4.68 Å². The molecule has 1 N–H and O–H groups in total. The van der Waals surface area contributed by atoms with Crippen molar-refractivity contribution in [2.45, 2.75) is 25.7 Å². The summed E-state index contributed by atoms with van der Waals surface area (Å²) in [4.78, 5) is 3.69. The van der Waals surface area contributed by atoms with Gasteiger partial charge in [-0.05, 0) is 45.6 Å². The standard InChI is InChI=1S/C16H24N6/c1-17-8-6-4-5-7-16-9-14(12-22(16)20-13-18-2)15-10-19-21(3)11-15/h9-13,17H,2,4-8H2,1,3H3/b20-13-. The van der Waals surface area contributed by atoms with Crippen LogP contribution in [0.1, 0.15) is 25.0 Å². The topological polar surface area (TPSA) is 59.5 Å². The van der Waals surface area contributed by atoms with E-state index in [0.29, 0.717) is 0 Å². The van der Waals surface area contributed by atoms with E-state index in [-0.39, 0.29) is 0 Å². The Balaban J connectivity index is 2.10. The van der Waals surface area contributed by atoms with Crippen molar-refractivity contribution in [1.29, 1.82) is 0 Å². The van der Waals surface area contributed by atoms with Crippen LogP contribution in [-0.4, -0.2) is 41.1 Å². The van der Waals surface area contributed by atoms with Crippen molar-refractivity contribution in [3.8, 4) is 11.1 Å². The Morgan fingerprint density at radius 1 is 1.27 bits per heavy atom. The van der Waals surface area contributed by atoms with Gasteiger partial charge in [-0.2, -0.15) is 10.2 Å². The predicted octanol–water partition coefficient (Wildman–Crippen LogP) is 2.31. The van der Waals surface area contributed by atoms with Gasteiger partial charge in [-0.15, -0.1) is 0 Å². The third kappa shape index (κ3) is 4.39. The van der Waals surface area contributed by atoms with Crippen molar-refractivity contribution >= 4 is 13.1 Å². The smallest absolute Gasteiger partial charge is 0.135 e. The summed E-state index contributed by atoms with van der Waals surface area (Å²) in [5.41, 5.74) is 3.40. The molecule has 6 nitrogen and oxygen atoms in total. The lowest BCUT2D eigenvalue weighted by Gasteiger charge is -2.03. The zero-order chi connectivity index (χ0) is 15.8. The number of hydrogen-bond acceptors (Lipinski definition) is 3. The minimum atomic E-state index is 0.998. The maximum Gasteiger partial charge on any atom is 0.135 e. The first-order valence-corrected chi connectivity index (χ1v) is 7.58. The van der Waals surface area contributed by atoms with E-state index in [0.717, 1.165) is 30.5 Å². The van der Waals surface area contributed by atoms with Crippen LogP contribution in [0.15, 0.2) is 34.8 Å². The molecular weight excluding hydrogens is 276 g/mol. The Hall–Kier alpha value is -2.21. The number of nitrogens with zero attached hydrogens (tertiary/aromatic N) is 5. The number of unbranched alkanes of at least 4 members (excludes halogenated alkanes) is 2. The Bertz CT molecular complexity index is 622. The molecule has 0 fully saturated rings. The number of aliphatic imine (C=N–C) groups is 1. The number of rotatable bonds is 9. The third-order valence-corrected chi connectivity index (χ3v) is 3.53. The van der Waals surface area contributed by atoms with E-state index < -0.39 is 0 Å². The molecule has 0 aliphatic heterocycles. The van der Waals surface area contributed by atoms with Gasteiger partial charge in [0.25, 0.3) is 0 Å². The predicted molar refractivity (Wildman–Crippen MR) is 91.6 cm³/mol. The highest BCUT2D eigenvalue weighted by Gasteiger charge is 2.08. The van der Waals surface area contributed by atoms with E-state index in [1.165, 1.54) is 24.9 Å². The normalized spacial score (nSPS) is 11.4. The number of aryl methyl sites for hydroxylation is 2. The molecule has 0 bridgehead atoms. The summed E-state index contributed by atoms with van der Waals surface area (Å²) in [6, 6.07) is 2.18. The second-order valence-corrected chi connectivity index (χ2v) is 5.30. The van der Waals surface area contributed by atoms with Gasteiger partial charge < -0.3 is 5.32 Å². The van der Waals surface area contributed by atoms with Crippen molar-refractivity contribution in [2.75, 3.05) is 13.6 Å². The molecule has 2 aromatic rings. The van der Waals surface area contributed by atoms with Gasteiger partial charge in [0, 0.05) is 36.3 Å². The van der Waals surface area contributed by atoms with Gasteiger partial charge in [0.15, 0.2) is 0 Å². The highest BCUT2D eigenvalue weighted by Crippen LogP contribution is 2.22. The number of nitrogens with one attached hydrogen (secondary N) is 1. The van der Waals surface area contributed by atoms with E-state index in [1.807, 2.05) is 37.4 Å². The van der Waals surface area contributed by atoms with Crippen LogP contribution in [0.25, 0.3) is 11.1 Å². The minimum Gasteiger partial charge on any atom is -0.320 e. The number of hydrogen-bond donors (Lipinski definition) is 1. The molecule has 2 rings (SSSR count). The fourth-order valence-electron chi connectivity index (χ4n) is 2.40. The Labute approximate surface area is 131 Å². The molecule has 6 heteroatoms. The number of aromatic nitrogens is 3. The summed E-state index contributed by atoms with van der Waals surface area (Å²) in [6.45, 7) is 4.51. The SMILES string of the molecule is C=N/C=N\n1cc(-c2cnn(C)c2)cc1CCCCCNC. The van der Waals surface area contributed by atoms with E-state index in [9.17, 15) is 0 Å². The monoisotopic (exact) mass is 300 g/mol. The van der Waals surface area contributed by atoms with Crippen LogP contribution in [0.3, 0.4) is 0 Å². The molecule has 2 aromatic heterocycles. The molecule has 22 heavy (non-hydrogen) atoms. The van der Waals surface area contributed by atoms with Crippen molar-refractivity contribution in [3.05, 3.63) is 30.4 Å². The van der Waals surface area contributed by atoms with Crippen molar-refractivity contribution in [2.24, 2.45) is 17.1 Å². The molecule has 0 spiro atoms. The average molecular weight is 300 g/mol. The Morgan fingerprint density at radius 3 is 2.82 bits per heavy atom. The summed E-state index contributed by atoms with van der Waals surface area (Å²) in [5, 5.41) is 11.7. The maximum absolute atomic E-state index is 4.32. The fourth-order valence-corrected chi connectivity index (χ4v) is 2.40. The lowest BCUT2D eigenvalue weighted by molar-refractivity contribution is 0.628. The van der Waals surface area contributed by atoms with Crippen LogP contribution in [0.4, 0.5) is 0 Å². The zero-order valence-electron chi connectivity index (χ0n) is 13.4. The van der Waals surface area contributed by atoms with Gasteiger partial charge in [-0.3, -0.25) is 9.67 Å². The molecule has 0 amide bonds. The first-order chi connectivity index (χ1) is 10.7. The van der Waals surface area contributed by atoms with Crippen LogP contribution in [0, 0.1) is 0 Å². The summed E-state index contributed by atoms with van der Waals surface area (Å²) in [5.74, 6) is 0. The first-order valence-electron chi connectivity index (χ1n) is 7.58. The van der Waals surface area contributed by atoms with Gasteiger partial charge in [0.05, 0.1) is 6.20 Å². The molecule has 0 saturated heterocycles. The fraction of sp³-hybridized carbons (Fsp3) is 0.438. The Morgan fingerprint density at radius 2 is 2.14 bits per heavy atom. The van der Waals surface area contributed by atoms with E-state index in [1.54, 1.807) is 4.68 Å².